The minimum atomic E-state index is -3.59. The predicted molar refractivity (Wildman–Crippen MR) is 104 cm³/mol. The van der Waals surface area contributed by atoms with E-state index in [4.69, 9.17) is 5.73 Å². The van der Waals surface area contributed by atoms with Gasteiger partial charge in [-0.05, 0) is 56.4 Å². The van der Waals surface area contributed by atoms with E-state index in [1.54, 1.807) is 13.8 Å². The molecule has 0 bridgehead atoms. The van der Waals surface area contributed by atoms with Crippen molar-refractivity contribution >= 4 is 21.8 Å². The molecule has 1 heterocycles. The van der Waals surface area contributed by atoms with Crippen LogP contribution in [0.3, 0.4) is 0 Å². The molecule has 1 saturated heterocycles. The summed E-state index contributed by atoms with van der Waals surface area (Å²) in [6.07, 6.45) is 1.02. The summed E-state index contributed by atoms with van der Waals surface area (Å²) < 4.78 is 27.4. The molecule has 1 aliphatic rings. The number of sulfonamides is 1. The SMILES string of the molecule is CC(C)N(CC(N)=O)C(=O)c1ccc(S(=O)(=O)N2C[C@H](C)C[C@H](C)C2)cc1. The number of carbonyl (C=O) groups excluding carboxylic acids is 2. The van der Waals surface area contributed by atoms with Crippen LogP contribution in [0.4, 0.5) is 0 Å². The highest BCUT2D eigenvalue weighted by Gasteiger charge is 2.32. The second kappa shape index (κ2) is 8.39. The number of nitrogens with two attached hydrogens (primary N) is 1. The van der Waals surface area contributed by atoms with E-state index in [2.05, 4.69) is 13.8 Å². The van der Waals surface area contributed by atoms with E-state index in [0.717, 1.165) is 6.42 Å². The van der Waals surface area contributed by atoms with Crippen LogP contribution in [0, 0.1) is 11.8 Å². The number of primary amides is 1. The Hall–Kier alpha value is -1.93. The number of rotatable bonds is 6. The summed E-state index contributed by atoms with van der Waals surface area (Å²) in [6, 6.07) is 5.68. The van der Waals surface area contributed by atoms with Crippen molar-refractivity contribution in [3.8, 4) is 0 Å². The van der Waals surface area contributed by atoms with Crippen molar-refractivity contribution in [3.63, 3.8) is 0 Å². The Labute approximate surface area is 161 Å². The first-order valence-corrected chi connectivity index (χ1v) is 10.7. The Bertz CT molecular complexity index is 780. The van der Waals surface area contributed by atoms with E-state index >= 15 is 0 Å². The fraction of sp³-hybridized carbons (Fsp3) is 0.579. The van der Waals surface area contributed by atoms with Crippen LogP contribution in [0.25, 0.3) is 0 Å². The van der Waals surface area contributed by atoms with Crippen LogP contribution in [0.15, 0.2) is 29.2 Å². The lowest BCUT2D eigenvalue weighted by molar-refractivity contribution is -0.119. The summed E-state index contributed by atoms with van der Waals surface area (Å²) in [5, 5.41) is 0. The van der Waals surface area contributed by atoms with Gasteiger partial charge in [0.15, 0.2) is 0 Å². The molecule has 150 valence electrons. The van der Waals surface area contributed by atoms with Crippen LogP contribution in [0.5, 0.6) is 0 Å². The van der Waals surface area contributed by atoms with E-state index in [1.807, 2.05) is 0 Å². The van der Waals surface area contributed by atoms with Gasteiger partial charge in [0.2, 0.25) is 15.9 Å². The van der Waals surface area contributed by atoms with Gasteiger partial charge in [-0.25, -0.2) is 8.42 Å². The summed E-state index contributed by atoms with van der Waals surface area (Å²) >= 11 is 0. The van der Waals surface area contributed by atoms with Gasteiger partial charge in [-0.15, -0.1) is 0 Å². The Kier molecular flexibility index (Phi) is 6.64. The zero-order valence-electron chi connectivity index (χ0n) is 16.4. The molecular weight excluding hydrogens is 366 g/mol. The van der Waals surface area contributed by atoms with Gasteiger partial charge in [-0.2, -0.15) is 4.31 Å². The van der Waals surface area contributed by atoms with Gasteiger partial charge in [0.1, 0.15) is 0 Å². The molecule has 0 saturated carbocycles. The second-order valence-corrected chi connectivity index (χ2v) is 9.72. The summed E-state index contributed by atoms with van der Waals surface area (Å²) in [7, 11) is -3.59. The van der Waals surface area contributed by atoms with Gasteiger partial charge >= 0.3 is 0 Å². The van der Waals surface area contributed by atoms with E-state index in [-0.39, 0.29) is 23.4 Å². The Balaban J connectivity index is 2.23. The first-order valence-electron chi connectivity index (χ1n) is 9.21. The lowest BCUT2D eigenvalue weighted by Crippen LogP contribution is -2.43. The van der Waals surface area contributed by atoms with Gasteiger partial charge in [0, 0.05) is 24.7 Å². The molecule has 2 N–H and O–H groups in total. The first kappa shape index (κ1) is 21.4. The molecule has 2 rings (SSSR count). The largest absolute Gasteiger partial charge is 0.368 e. The fourth-order valence-corrected chi connectivity index (χ4v) is 5.22. The van der Waals surface area contributed by atoms with Crippen molar-refractivity contribution in [1.29, 1.82) is 0 Å². The minimum Gasteiger partial charge on any atom is -0.368 e. The summed E-state index contributed by atoms with van der Waals surface area (Å²) in [4.78, 5) is 25.4. The van der Waals surface area contributed by atoms with Crippen molar-refractivity contribution in [3.05, 3.63) is 29.8 Å². The monoisotopic (exact) mass is 395 g/mol. The lowest BCUT2D eigenvalue weighted by atomic mass is 9.94. The molecule has 1 fully saturated rings. The fourth-order valence-electron chi connectivity index (χ4n) is 3.54. The smallest absolute Gasteiger partial charge is 0.254 e. The molecule has 8 heteroatoms. The highest BCUT2D eigenvalue weighted by molar-refractivity contribution is 7.89. The van der Waals surface area contributed by atoms with Crippen LogP contribution in [-0.2, 0) is 14.8 Å². The van der Waals surface area contributed by atoms with E-state index < -0.39 is 15.9 Å². The maximum absolute atomic E-state index is 12.9. The van der Waals surface area contributed by atoms with Gasteiger partial charge in [-0.1, -0.05) is 13.8 Å². The van der Waals surface area contributed by atoms with Crippen LogP contribution >= 0.6 is 0 Å². The summed E-state index contributed by atoms with van der Waals surface area (Å²) in [6.45, 7) is 8.52. The highest BCUT2D eigenvalue weighted by Crippen LogP contribution is 2.27. The van der Waals surface area contributed by atoms with Crippen molar-refractivity contribution in [1.82, 2.24) is 9.21 Å². The van der Waals surface area contributed by atoms with Gasteiger partial charge in [0.25, 0.3) is 5.91 Å². The third kappa shape index (κ3) is 5.07. The predicted octanol–water partition coefficient (Wildman–Crippen LogP) is 1.69. The summed E-state index contributed by atoms with van der Waals surface area (Å²) in [5.74, 6) is -0.312. The van der Waals surface area contributed by atoms with Crippen LogP contribution < -0.4 is 5.73 Å². The zero-order chi connectivity index (χ0) is 20.4. The molecule has 0 radical (unpaired) electrons. The molecule has 0 aromatic heterocycles. The molecule has 1 aromatic carbocycles. The Morgan fingerprint density at radius 3 is 2.11 bits per heavy atom. The van der Waals surface area contributed by atoms with E-state index in [1.165, 1.54) is 33.5 Å². The van der Waals surface area contributed by atoms with Crippen molar-refractivity contribution in [2.75, 3.05) is 19.6 Å². The highest BCUT2D eigenvalue weighted by atomic mass is 32.2. The molecule has 0 spiro atoms. The lowest BCUT2D eigenvalue weighted by Gasteiger charge is -2.34. The first-order chi connectivity index (χ1) is 12.5. The maximum atomic E-state index is 12.9. The second-order valence-electron chi connectivity index (χ2n) is 7.79. The van der Waals surface area contributed by atoms with E-state index in [9.17, 15) is 18.0 Å². The number of benzene rings is 1. The van der Waals surface area contributed by atoms with Gasteiger partial charge in [-0.3, -0.25) is 9.59 Å². The third-order valence-corrected chi connectivity index (χ3v) is 6.63. The van der Waals surface area contributed by atoms with Crippen LogP contribution in [-0.4, -0.2) is 55.1 Å². The maximum Gasteiger partial charge on any atom is 0.254 e. The van der Waals surface area contributed by atoms with Crippen molar-refractivity contribution < 1.29 is 18.0 Å². The molecule has 0 aliphatic carbocycles. The molecule has 27 heavy (non-hydrogen) atoms. The number of hydrogen-bond acceptors (Lipinski definition) is 4. The summed E-state index contributed by atoms with van der Waals surface area (Å²) in [5.41, 5.74) is 5.54. The average molecular weight is 396 g/mol. The van der Waals surface area contributed by atoms with Gasteiger partial charge < -0.3 is 10.6 Å². The topological polar surface area (TPSA) is 101 Å². The molecule has 1 aromatic rings. The number of nitrogens with zero attached hydrogens (tertiary/aromatic N) is 2. The zero-order valence-corrected chi connectivity index (χ0v) is 17.2. The van der Waals surface area contributed by atoms with Gasteiger partial charge in [0.05, 0.1) is 11.4 Å². The third-order valence-electron chi connectivity index (χ3n) is 4.78. The minimum absolute atomic E-state index is 0.173. The van der Waals surface area contributed by atoms with E-state index in [0.29, 0.717) is 30.5 Å². The number of amides is 2. The molecule has 7 nitrogen and oxygen atoms in total. The molecule has 1 aliphatic heterocycles. The Morgan fingerprint density at radius 1 is 1.15 bits per heavy atom. The van der Waals surface area contributed by atoms with Crippen LogP contribution in [0.2, 0.25) is 0 Å². The molecule has 0 unspecified atom stereocenters. The molecular formula is C19H29N3O4S. The van der Waals surface area contributed by atoms with Crippen molar-refractivity contribution in [2.45, 2.75) is 45.1 Å². The number of carbonyl (C=O) groups is 2. The number of hydrogen-bond donors (Lipinski definition) is 1. The molecule has 2 atom stereocenters. The van der Waals surface area contributed by atoms with Crippen LogP contribution in [0.1, 0.15) is 44.5 Å². The van der Waals surface area contributed by atoms with Crippen molar-refractivity contribution in [2.24, 2.45) is 17.6 Å². The average Bonchev–Trinajstić information content (AvgIpc) is 2.58. The normalized spacial score (nSPS) is 21.2. The molecule has 2 amide bonds. The standard InChI is InChI=1S/C19H29N3O4S/c1-13(2)22(12-18(20)23)19(24)16-5-7-17(8-6-16)27(25,26)21-10-14(3)9-15(4)11-21/h5-8,13-15H,9-12H2,1-4H3,(H2,20,23)/t14-,15+. The number of piperidine rings is 1. The quantitative estimate of drug-likeness (QED) is 0.792. The Morgan fingerprint density at radius 2 is 1.67 bits per heavy atom.